The summed E-state index contributed by atoms with van der Waals surface area (Å²) >= 11 is 0. The van der Waals surface area contributed by atoms with Gasteiger partial charge in [0.25, 0.3) is 0 Å². The zero-order valence-electron chi connectivity index (χ0n) is 17.2. The van der Waals surface area contributed by atoms with E-state index < -0.39 is 0 Å². The predicted molar refractivity (Wildman–Crippen MR) is 114 cm³/mol. The molecule has 0 spiro atoms. The van der Waals surface area contributed by atoms with Crippen molar-refractivity contribution in [1.29, 1.82) is 0 Å². The van der Waals surface area contributed by atoms with Gasteiger partial charge in [0.05, 0.1) is 11.4 Å². The van der Waals surface area contributed by atoms with Gasteiger partial charge in [-0.2, -0.15) is 5.10 Å². The van der Waals surface area contributed by atoms with Crippen molar-refractivity contribution >= 4 is 5.96 Å². The molecule has 0 saturated heterocycles. The molecule has 0 unspecified atom stereocenters. The summed E-state index contributed by atoms with van der Waals surface area (Å²) in [5, 5.41) is 11.4. The van der Waals surface area contributed by atoms with Crippen molar-refractivity contribution < 1.29 is 4.74 Å². The number of nitrogens with zero attached hydrogens (tertiary/aromatic N) is 3. The van der Waals surface area contributed by atoms with Crippen LogP contribution in [0.1, 0.15) is 36.9 Å². The van der Waals surface area contributed by atoms with Crippen LogP contribution in [0.3, 0.4) is 0 Å². The van der Waals surface area contributed by atoms with E-state index in [-0.39, 0.29) is 0 Å². The van der Waals surface area contributed by atoms with Gasteiger partial charge in [0.15, 0.2) is 5.96 Å². The third-order valence-corrected chi connectivity index (χ3v) is 4.97. The van der Waals surface area contributed by atoms with Crippen molar-refractivity contribution in [2.45, 2.75) is 39.0 Å². The van der Waals surface area contributed by atoms with Gasteiger partial charge in [-0.25, -0.2) is 4.68 Å². The second-order valence-corrected chi connectivity index (χ2v) is 7.42. The van der Waals surface area contributed by atoms with E-state index in [0.717, 1.165) is 68.8 Å². The fourth-order valence-electron chi connectivity index (χ4n) is 3.08. The third-order valence-electron chi connectivity index (χ3n) is 4.97. The number of hydrogen-bond donors (Lipinski definition) is 2. The Kier molecular flexibility index (Phi) is 7.91. The van der Waals surface area contributed by atoms with Crippen LogP contribution in [0.15, 0.2) is 41.5 Å². The van der Waals surface area contributed by atoms with Gasteiger partial charge in [0.2, 0.25) is 0 Å². The molecule has 6 heteroatoms. The lowest BCUT2D eigenvalue weighted by Crippen LogP contribution is -2.38. The number of nitrogens with one attached hydrogen (secondary N) is 2. The average Bonchev–Trinajstić information content (AvgIpc) is 3.48. The molecule has 1 aliphatic rings. The van der Waals surface area contributed by atoms with E-state index in [1.807, 2.05) is 29.9 Å². The molecular weight excluding hydrogens is 350 g/mol. The van der Waals surface area contributed by atoms with Gasteiger partial charge in [-0.1, -0.05) is 18.2 Å². The predicted octanol–water partition coefficient (Wildman–Crippen LogP) is 3.10. The van der Waals surface area contributed by atoms with Crippen LogP contribution < -0.4 is 10.6 Å². The van der Waals surface area contributed by atoms with Crippen LogP contribution in [0, 0.1) is 12.8 Å². The van der Waals surface area contributed by atoms with E-state index in [1.165, 1.54) is 18.4 Å². The van der Waals surface area contributed by atoms with Crippen molar-refractivity contribution in [2.75, 3.05) is 33.4 Å². The summed E-state index contributed by atoms with van der Waals surface area (Å²) < 4.78 is 7.62. The zero-order chi connectivity index (χ0) is 19.6. The van der Waals surface area contributed by atoms with E-state index in [0.29, 0.717) is 0 Å². The minimum absolute atomic E-state index is 0.825. The summed E-state index contributed by atoms with van der Waals surface area (Å²) in [6.45, 7) is 5.60. The Labute approximate surface area is 168 Å². The molecule has 1 aromatic carbocycles. The van der Waals surface area contributed by atoms with E-state index in [4.69, 9.17) is 4.74 Å². The first-order chi connectivity index (χ1) is 13.8. The topological polar surface area (TPSA) is 63.5 Å². The van der Waals surface area contributed by atoms with Crippen molar-refractivity contribution in [2.24, 2.45) is 10.9 Å². The summed E-state index contributed by atoms with van der Waals surface area (Å²) in [4.78, 5) is 4.29. The Morgan fingerprint density at radius 3 is 2.64 bits per heavy atom. The second kappa shape index (κ2) is 10.9. The quantitative estimate of drug-likeness (QED) is 0.356. The number of aromatic nitrogens is 2. The smallest absolute Gasteiger partial charge is 0.190 e. The highest BCUT2D eigenvalue weighted by Gasteiger charge is 2.20. The van der Waals surface area contributed by atoms with Crippen LogP contribution in [0.5, 0.6) is 0 Å². The first-order valence-corrected chi connectivity index (χ1v) is 10.4. The molecule has 2 N–H and O–H groups in total. The number of benzene rings is 1. The van der Waals surface area contributed by atoms with E-state index in [1.54, 1.807) is 0 Å². The van der Waals surface area contributed by atoms with Crippen LogP contribution in [-0.2, 0) is 11.2 Å². The average molecular weight is 384 g/mol. The summed E-state index contributed by atoms with van der Waals surface area (Å²) in [6.07, 6.45) is 7.87. The molecule has 1 saturated carbocycles. The highest BCUT2D eigenvalue weighted by atomic mass is 16.5. The van der Waals surface area contributed by atoms with Gasteiger partial charge in [0.1, 0.15) is 0 Å². The van der Waals surface area contributed by atoms with Crippen molar-refractivity contribution in [3.05, 3.63) is 47.8 Å². The molecule has 0 bridgehead atoms. The van der Waals surface area contributed by atoms with Gasteiger partial charge in [0, 0.05) is 39.5 Å². The summed E-state index contributed by atoms with van der Waals surface area (Å²) in [7, 11) is 1.81. The molecule has 0 atom stereocenters. The van der Waals surface area contributed by atoms with Gasteiger partial charge in [-0.05, 0) is 62.6 Å². The number of guanidine groups is 1. The maximum atomic E-state index is 5.66. The van der Waals surface area contributed by atoms with Crippen LogP contribution >= 0.6 is 0 Å². The molecule has 0 amide bonds. The SMILES string of the molecule is CN=C(NCCCOCC1CC1)NCCCc1cn(-c2ccccc2)nc1C. The van der Waals surface area contributed by atoms with E-state index >= 15 is 0 Å². The maximum Gasteiger partial charge on any atom is 0.190 e. The molecule has 1 aromatic heterocycles. The molecule has 6 nitrogen and oxygen atoms in total. The Bertz CT molecular complexity index is 737. The molecule has 0 aliphatic heterocycles. The Balaban J connectivity index is 1.31. The highest BCUT2D eigenvalue weighted by molar-refractivity contribution is 5.79. The molecule has 28 heavy (non-hydrogen) atoms. The lowest BCUT2D eigenvalue weighted by molar-refractivity contribution is 0.123. The Morgan fingerprint density at radius 2 is 1.93 bits per heavy atom. The first kappa shape index (κ1) is 20.4. The van der Waals surface area contributed by atoms with Gasteiger partial charge in [-0.15, -0.1) is 0 Å². The highest BCUT2D eigenvalue weighted by Crippen LogP contribution is 2.28. The summed E-state index contributed by atoms with van der Waals surface area (Å²) in [6, 6.07) is 10.2. The fourth-order valence-corrected chi connectivity index (χ4v) is 3.08. The van der Waals surface area contributed by atoms with Crippen LogP contribution in [0.2, 0.25) is 0 Å². The fraction of sp³-hybridized carbons (Fsp3) is 0.545. The number of aliphatic imine (C=N–C) groups is 1. The molecule has 152 valence electrons. The summed E-state index contributed by atoms with van der Waals surface area (Å²) in [5.74, 6) is 1.70. The van der Waals surface area contributed by atoms with E-state index in [2.05, 4.69) is 46.0 Å². The Hall–Kier alpha value is -2.34. The largest absolute Gasteiger partial charge is 0.381 e. The van der Waals surface area contributed by atoms with E-state index in [9.17, 15) is 0 Å². The van der Waals surface area contributed by atoms with Crippen LogP contribution in [0.25, 0.3) is 5.69 Å². The molecular formula is C22H33N5O. The summed E-state index contributed by atoms with van der Waals surface area (Å²) in [5.41, 5.74) is 3.49. The molecule has 0 radical (unpaired) electrons. The van der Waals surface area contributed by atoms with Gasteiger partial charge in [-0.3, -0.25) is 4.99 Å². The number of aryl methyl sites for hydroxylation is 2. The molecule has 1 aliphatic carbocycles. The minimum Gasteiger partial charge on any atom is -0.381 e. The first-order valence-electron chi connectivity index (χ1n) is 10.4. The standard InChI is InChI=1S/C22H33N5O/c1-18-20(16-27(26-18)21-9-4-3-5-10-21)8-6-13-24-22(23-2)25-14-7-15-28-17-19-11-12-19/h3-5,9-10,16,19H,6-8,11-15,17H2,1-2H3,(H2,23,24,25). The van der Waals surface area contributed by atoms with Crippen LogP contribution in [-0.4, -0.2) is 49.1 Å². The number of ether oxygens (including phenoxy) is 1. The lowest BCUT2D eigenvalue weighted by atomic mass is 10.1. The monoisotopic (exact) mass is 383 g/mol. The molecule has 1 heterocycles. The third kappa shape index (κ3) is 6.68. The molecule has 3 rings (SSSR count). The van der Waals surface area contributed by atoms with Gasteiger partial charge >= 0.3 is 0 Å². The van der Waals surface area contributed by atoms with Crippen molar-refractivity contribution in [3.63, 3.8) is 0 Å². The van der Waals surface area contributed by atoms with Crippen molar-refractivity contribution in [1.82, 2.24) is 20.4 Å². The number of rotatable bonds is 11. The van der Waals surface area contributed by atoms with Gasteiger partial charge < -0.3 is 15.4 Å². The molecule has 2 aromatic rings. The van der Waals surface area contributed by atoms with Crippen LogP contribution in [0.4, 0.5) is 0 Å². The number of para-hydroxylation sites is 1. The normalized spacial score (nSPS) is 14.3. The Morgan fingerprint density at radius 1 is 1.18 bits per heavy atom. The van der Waals surface area contributed by atoms with Crippen molar-refractivity contribution in [3.8, 4) is 5.69 Å². The number of hydrogen-bond acceptors (Lipinski definition) is 3. The maximum absolute atomic E-state index is 5.66. The second-order valence-electron chi connectivity index (χ2n) is 7.42. The zero-order valence-corrected chi connectivity index (χ0v) is 17.2. The molecule has 1 fully saturated rings. The lowest BCUT2D eigenvalue weighted by Gasteiger charge is -2.11. The minimum atomic E-state index is 0.825.